The van der Waals surface area contributed by atoms with Crippen LogP contribution in [0.25, 0.3) is 5.76 Å². The van der Waals surface area contributed by atoms with Gasteiger partial charge in [0.2, 0.25) is 0 Å². The summed E-state index contributed by atoms with van der Waals surface area (Å²) in [6.07, 6.45) is 0.679. The molecule has 0 aliphatic carbocycles. The predicted octanol–water partition coefficient (Wildman–Crippen LogP) is 5.04. The van der Waals surface area contributed by atoms with Gasteiger partial charge >= 0.3 is 0 Å². The third-order valence-corrected chi connectivity index (χ3v) is 6.41. The zero-order valence-electron chi connectivity index (χ0n) is 22.1. The van der Waals surface area contributed by atoms with Gasteiger partial charge in [0.05, 0.1) is 18.2 Å². The molecule has 1 heterocycles. The maximum absolute atomic E-state index is 13.3. The summed E-state index contributed by atoms with van der Waals surface area (Å²) in [4.78, 5) is 30.1. The van der Waals surface area contributed by atoms with E-state index in [4.69, 9.17) is 9.47 Å². The Balaban J connectivity index is 1.74. The Kier molecular flexibility index (Phi) is 8.81. The van der Waals surface area contributed by atoms with Crippen molar-refractivity contribution in [3.05, 3.63) is 101 Å². The lowest BCUT2D eigenvalue weighted by Gasteiger charge is -2.26. The van der Waals surface area contributed by atoms with Gasteiger partial charge in [-0.3, -0.25) is 9.59 Å². The van der Waals surface area contributed by atoms with Crippen molar-refractivity contribution < 1.29 is 24.2 Å². The molecule has 1 saturated heterocycles. The van der Waals surface area contributed by atoms with Gasteiger partial charge in [0.15, 0.2) is 11.5 Å². The Bertz CT molecular complexity index is 1290. The largest absolute Gasteiger partial charge is 0.507 e. The van der Waals surface area contributed by atoms with Crippen LogP contribution in [0.15, 0.2) is 84.4 Å². The molecule has 3 aromatic carbocycles. The van der Waals surface area contributed by atoms with Gasteiger partial charge in [0.25, 0.3) is 11.7 Å². The Morgan fingerprint density at radius 1 is 0.921 bits per heavy atom. The molecule has 1 aliphatic heterocycles. The van der Waals surface area contributed by atoms with Crippen LogP contribution in [-0.4, -0.2) is 60.4 Å². The lowest BCUT2D eigenvalue weighted by molar-refractivity contribution is -0.139. The highest BCUT2D eigenvalue weighted by molar-refractivity contribution is 6.46. The Labute approximate surface area is 223 Å². The monoisotopic (exact) mass is 514 g/mol. The van der Waals surface area contributed by atoms with Gasteiger partial charge in [-0.05, 0) is 57.2 Å². The highest BCUT2D eigenvalue weighted by Gasteiger charge is 2.46. The summed E-state index contributed by atoms with van der Waals surface area (Å²) >= 11 is 0. The van der Waals surface area contributed by atoms with Crippen LogP contribution in [0.5, 0.6) is 11.5 Å². The van der Waals surface area contributed by atoms with E-state index in [0.717, 1.165) is 12.1 Å². The van der Waals surface area contributed by atoms with Crippen LogP contribution < -0.4 is 9.47 Å². The number of carbonyl (C=O) groups excluding carboxylic acids is 2. The van der Waals surface area contributed by atoms with Crippen molar-refractivity contribution in [2.75, 3.05) is 33.8 Å². The average molecular weight is 515 g/mol. The summed E-state index contributed by atoms with van der Waals surface area (Å²) in [5, 5.41) is 11.2. The number of aliphatic hydroxyl groups excluding tert-OH is 1. The fraction of sp³-hybridized carbons (Fsp3) is 0.290. The van der Waals surface area contributed by atoms with Crippen molar-refractivity contribution in [3.8, 4) is 11.5 Å². The molecule has 0 saturated carbocycles. The summed E-state index contributed by atoms with van der Waals surface area (Å²) < 4.78 is 12.0. The number of Topliss-reactive ketones (excluding diaryl/α,β-unsaturated/α-hetero) is 1. The minimum atomic E-state index is -0.750. The van der Waals surface area contributed by atoms with E-state index in [0.29, 0.717) is 48.8 Å². The molecule has 1 N–H and O–H groups in total. The van der Waals surface area contributed by atoms with E-state index in [1.165, 1.54) is 0 Å². The second-order valence-corrected chi connectivity index (χ2v) is 9.43. The van der Waals surface area contributed by atoms with Crippen molar-refractivity contribution in [1.82, 2.24) is 9.80 Å². The number of amides is 1. The van der Waals surface area contributed by atoms with Crippen LogP contribution in [0.3, 0.4) is 0 Å². The summed E-state index contributed by atoms with van der Waals surface area (Å²) in [5.74, 6) is -0.421. The topological polar surface area (TPSA) is 79.3 Å². The molecule has 198 valence electrons. The molecule has 1 unspecified atom stereocenters. The molecular weight excluding hydrogens is 480 g/mol. The minimum Gasteiger partial charge on any atom is -0.507 e. The molecule has 0 bridgehead atoms. The standard InChI is InChI=1S/C31H34N2O5/c1-4-37-26-20-24(16-17-25(26)38-21-22-12-7-5-8-13-22)28-27(29(34)23-14-9-6-10-15-23)30(35)31(36)33(28)19-11-18-32(2)3/h5-10,12-17,20,28,34H,4,11,18-19,21H2,1-3H3. The SMILES string of the molecule is CCOc1cc(C2C(=C(O)c3ccccc3)C(=O)C(=O)N2CCCN(C)C)ccc1OCc1ccccc1. The van der Waals surface area contributed by atoms with Crippen molar-refractivity contribution in [2.45, 2.75) is 26.0 Å². The lowest BCUT2D eigenvalue weighted by Crippen LogP contribution is -2.32. The quantitative estimate of drug-likeness (QED) is 0.220. The molecular formula is C31H34N2O5. The molecule has 1 aliphatic rings. The lowest BCUT2D eigenvalue weighted by atomic mass is 9.95. The number of rotatable bonds is 11. The zero-order chi connectivity index (χ0) is 27.1. The van der Waals surface area contributed by atoms with Gasteiger partial charge in [0.1, 0.15) is 12.4 Å². The zero-order valence-corrected chi connectivity index (χ0v) is 22.1. The van der Waals surface area contributed by atoms with E-state index in [1.54, 1.807) is 41.3 Å². The average Bonchev–Trinajstić information content (AvgIpc) is 3.18. The van der Waals surface area contributed by atoms with Crippen molar-refractivity contribution in [1.29, 1.82) is 0 Å². The van der Waals surface area contributed by atoms with Crippen LogP contribution in [-0.2, 0) is 16.2 Å². The fourth-order valence-electron chi connectivity index (χ4n) is 4.58. The summed E-state index contributed by atoms with van der Waals surface area (Å²) in [6.45, 7) is 3.80. The Morgan fingerprint density at radius 3 is 2.26 bits per heavy atom. The van der Waals surface area contributed by atoms with Gasteiger partial charge in [-0.15, -0.1) is 0 Å². The van der Waals surface area contributed by atoms with Crippen LogP contribution in [0.1, 0.15) is 36.1 Å². The maximum Gasteiger partial charge on any atom is 0.295 e. The number of likely N-dealkylation sites (tertiary alicyclic amines) is 1. The van der Waals surface area contributed by atoms with E-state index < -0.39 is 17.7 Å². The summed E-state index contributed by atoms with van der Waals surface area (Å²) in [5.41, 5.74) is 2.25. The minimum absolute atomic E-state index is 0.0754. The van der Waals surface area contributed by atoms with Crippen molar-refractivity contribution in [3.63, 3.8) is 0 Å². The van der Waals surface area contributed by atoms with Crippen LogP contribution in [0, 0.1) is 0 Å². The molecule has 1 amide bonds. The predicted molar refractivity (Wildman–Crippen MR) is 147 cm³/mol. The first kappa shape index (κ1) is 26.9. The van der Waals surface area contributed by atoms with Gasteiger partial charge in [0, 0.05) is 12.1 Å². The first-order valence-electron chi connectivity index (χ1n) is 12.8. The van der Waals surface area contributed by atoms with E-state index in [-0.39, 0.29) is 11.3 Å². The molecule has 0 radical (unpaired) electrons. The number of nitrogens with zero attached hydrogens (tertiary/aromatic N) is 2. The number of aliphatic hydroxyl groups is 1. The molecule has 3 aromatic rings. The number of carbonyl (C=O) groups is 2. The molecule has 0 spiro atoms. The third kappa shape index (κ3) is 6.06. The van der Waals surface area contributed by atoms with Crippen molar-refractivity contribution in [2.24, 2.45) is 0 Å². The molecule has 1 atom stereocenters. The normalized spacial score (nSPS) is 16.7. The van der Waals surface area contributed by atoms with Gasteiger partial charge < -0.3 is 24.4 Å². The van der Waals surface area contributed by atoms with E-state index in [9.17, 15) is 14.7 Å². The molecule has 7 heteroatoms. The first-order valence-corrected chi connectivity index (χ1v) is 12.8. The van der Waals surface area contributed by atoms with Crippen LogP contribution in [0.4, 0.5) is 0 Å². The van der Waals surface area contributed by atoms with Gasteiger partial charge in [-0.1, -0.05) is 66.7 Å². The van der Waals surface area contributed by atoms with Crippen LogP contribution >= 0.6 is 0 Å². The number of hydrogen-bond donors (Lipinski definition) is 1. The number of hydrogen-bond acceptors (Lipinski definition) is 6. The third-order valence-electron chi connectivity index (χ3n) is 6.41. The Hall–Kier alpha value is -4.10. The highest BCUT2D eigenvalue weighted by atomic mass is 16.5. The summed E-state index contributed by atoms with van der Waals surface area (Å²) in [6, 6.07) is 23.3. The smallest absolute Gasteiger partial charge is 0.295 e. The molecule has 0 aromatic heterocycles. The summed E-state index contributed by atoms with van der Waals surface area (Å²) in [7, 11) is 3.92. The van der Waals surface area contributed by atoms with Gasteiger partial charge in [-0.2, -0.15) is 0 Å². The first-order chi connectivity index (χ1) is 18.4. The maximum atomic E-state index is 13.3. The molecule has 38 heavy (non-hydrogen) atoms. The van der Waals surface area contributed by atoms with E-state index >= 15 is 0 Å². The molecule has 7 nitrogen and oxygen atoms in total. The molecule has 4 rings (SSSR count). The number of ketones is 1. The number of benzene rings is 3. The number of ether oxygens (including phenoxy) is 2. The fourth-order valence-corrected chi connectivity index (χ4v) is 4.58. The second kappa shape index (κ2) is 12.4. The van der Waals surface area contributed by atoms with Crippen LogP contribution in [0.2, 0.25) is 0 Å². The Morgan fingerprint density at radius 2 is 1.61 bits per heavy atom. The highest BCUT2D eigenvalue weighted by Crippen LogP contribution is 2.42. The van der Waals surface area contributed by atoms with Crippen molar-refractivity contribution >= 4 is 17.4 Å². The van der Waals surface area contributed by atoms with E-state index in [2.05, 4.69) is 0 Å². The second-order valence-electron chi connectivity index (χ2n) is 9.43. The molecule has 1 fully saturated rings. The van der Waals surface area contributed by atoms with Gasteiger partial charge in [-0.25, -0.2) is 0 Å². The van der Waals surface area contributed by atoms with E-state index in [1.807, 2.05) is 68.4 Å².